The molecule has 2 rings (SSSR count). The second kappa shape index (κ2) is 7.81. The molecule has 0 heterocycles. The molecule has 2 nitrogen and oxygen atoms in total. The maximum atomic E-state index is 6.26. The summed E-state index contributed by atoms with van der Waals surface area (Å²) in [6.45, 7) is 0.731. The normalized spacial score (nSPS) is 12.4. The van der Waals surface area contributed by atoms with Gasteiger partial charge in [0.1, 0.15) is 0 Å². The van der Waals surface area contributed by atoms with Gasteiger partial charge in [-0.25, -0.2) is 0 Å². The number of benzene rings is 2. The molecule has 0 amide bonds. The first-order chi connectivity index (χ1) is 10.1. The van der Waals surface area contributed by atoms with Crippen LogP contribution < -0.4 is 5.73 Å². The van der Waals surface area contributed by atoms with Gasteiger partial charge in [0.25, 0.3) is 0 Å². The van der Waals surface area contributed by atoms with Gasteiger partial charge in [-0.05, 0) is 41.7 Å². The summed E-state index contributed by atoms with van der Waals surface area (Å²) in [5.74, 6) is 0. The van der Waals surface area contributed by atoms with E-state index in [0.29, 0.717) is 10.0 Å². The minimum Gasteiger partial charge on any atom is -0.384 e. The third kappa shape index (κ3) is 4.72. The van der Waals surface area contributed by atoms with Crippen LogP contribution in [0.2, 0.25) is 10.0 Å². The van der Waals surface area contributed by atoms with E-state index >= 15 is 0 Å². The van der Waals surface area contributed by atoms with E-state index in [0.717, 1.165) is 30.6 Å². The van der Waals surface area contributed by atoms with Crippen LogP contribution in [0, 0.1) is 0 Å². The summed E-state index contributed by atoms with van der Waals surface area (Å²) in [5, 5.41) is 1.13. The molecule has 21 heavy (non-hydrogen) atoms. The number of halogens is 2. The number of ether oxygens (including phenoxy) is 1. The number of rotatable bonds is 6. The van der Waals surface area contributed by atoms with Crippen molar-refractivity contribution < 1.29 is 4.74 Å². The van der Waals surface area contributed by atoms with Crippen LogP contribution in [0.5, 0.6) is 0 Å². The maximum absolute atomic E-state index is 6.26. The zero-order valence-electron chi connectivity index (χ0n) is 12.0. The van der Waals surface area contributed by atoms with Gasteiger partial charge < -0.3 is 10.5 Å². The van der Waals surface area contributed by atoms with Crippen molar-refractivity contribution in [1.82, 2.24) is 0 Å². The quantitative estimate of drug-likeness (QED) is 0.853. The van der Waals surface area contributed by atoms with E-state index in [9.17, 15) is 0 Å². The first kappa shape index (κ1) is 16.3. The standard InChI is InChI=1S/C17H19Cl2NO/c1-21-9-8-12-2-5-14(6-3-12)17(20)11-13-4-7-15(18)16(19)10-13/h2-7,10,17H,8-9,11,20H2,1H3. The summed E-state index contributed by atoms with van der Waals surface area (Å²) in [6.07, 6.45) is 1.65. The van der Waals surface area contributed by atoms with Crippen molar-refractivity contribution in [3.63, 3.8) is 0 Å². The van der Waals surface area contributed by atoms with Crippen molar-refractivity contribution in [2.45, 2.75) is 18.9 Å². The van der Waals surface area contributed by atoms with Crippen LogP contribution in [-0.2, 0) is 17.6 Å². The van der Waals surface area contributed by atoms with Crippen LogP contribution in [0.25, 0.3) is 0 Å². The van der Waals surface area contributed by atoms with Crippen LogP contribution in [0.1, 0.15) is 22.7 Å². The van der Waals surface area contributed by atoms with Crippen LogP contribution >= 0.6 is 23.2 Å². The highest BCUT2D eigenvalue weighted by atomic mass is 35.5. The van der Waals surface area contributed by atoms with E-state index < -0.39 is 0 Å². The highest BCUT2D eigenvalue weighted by Crippen LogP contribution is 2.25. The van der Waals surface area contributed by atoms with Crippen LogP contribution in [-0.4, -0.2) is 13.7 Å². The molecule has 0 aliphatic heterocycles. The Morgan fingerprint density at radius 1 is 1.00 bits per heavy atom. The summed E-state index contributed by atoms with van der Waals surface area (Å²) < 4.78 is 5.08. The van der Waals surface area contributed by atoms with Crippen LogP contribution in [0.4, 0.5) is 0 Å². The predicted octanol–water partition coefficient (Wildman–Crippen LogP) is 4.42. The molecule has 0 fully saturated rings. The molecule has 2 N–H and O–H groups in total. The summed E-state index contributed by atoms with van der Waals surface area (Å²) in [4.78, 5) is 0. The lowest BCUT2D eigenvalue weighted by Crippen LogP contribution is -2.13. The number of methoxy groups -OCH3 is 1. The average Bonchev–Trinajstić information content (AvgIpc) is 2.49. The van der Waals surface area contributed by atoms with E-state index in [2.05, 4.69) is 24.3 Å². The Labute approximate surface area is 135 Å². The average molecular weight is 324 g/mol. The zero-order chi connectivity index (χ0) is 15.2. The summed E-state index contributed by atoms with van der Waals surface area (Å²) in [7, 11) is 1.71. The molecule has 112 valence electrons. The van der Waals surface area contributed by atoms with E-state index in [1.54, 1.807) is 13.2 Å². The molecule has 4 heteroatoms. The Bertz CT molecular complexity index is 584. The van der Waals surface area contributed by atoms with Gasteiger partial charge in [-0.3, -0.25) is 0 Å². The van der Waals surface area contributed by atoms with E-state index in [1.165, 1.54) is 5.56 Å². The Hall–Kier alpha value is -1.06. The second-order valence-corrected chi connectivity index (χ2v) is 5.86. The highest BCUT2D eigenvalue weighted by Gasteiger charge is 2.08. The van der Waals surface area contributed by atoms with Crippen molar-refractivity contribution in [1.29, 1.82) is 0 Å². The largest absolute Gasteiger partial charge is 0.384 e. The van der Waals surface area contributed by atoms with Crippen molar-refractivity contribution in [2.24, 2.45) is 5.73 Å². The second-order valence-electron chi connectivity index (χ2n) is 5.04. The summed E-state index contributed by atoms with van der Waals surface area (Å²) in [5.41, 5.74) is 9.71. The smallest absolute Gasteiger partial charge is 0.0595 e. The van der Waals surface area contributed by atoms with Gasteiger partial charge >= 0.3 is 0 Å². The molecule has 0 saturated heterocycles. The van der Waals surface area contributed by atoms with Crippen LogP contribution in [0.15, 0.2) is 42.5 Å². The maximum Gasteiger partial charge on any atom is 0.0595 e. The molecular formula is C17H19Cl2NO. The van der Waals surface area contributed by atoms with Gasteiger partial charge in [0.2, 0.25) is 0 Å². The number of nitrogens with two attached hydrogens (primary N) is 1. The number of hydrogen-bond donors (Lipinski definition) is 1. The fourth-order valence-corrected chi connectivity index (χ4v) is 2.51. The van der Waals surface area contributed by atoms with Crippen molar-refractivity contribution in [3.8, 4) is 0 Å². The van der Waals surface area contributed by atoms with Gasteiger partial charge in [0.05, 0.1) is 16.7 Å². The van der Waals surface area contributed by atoms with Gasteiger partial charge in [-0.2, -0.15) is 0 Å². The molecule has 1 unspecified atom stereocenters. The van der Waals surface area contributed by atoms with Gasteiger partial charge in [-0.15, -0.1) is 0 Å². The molecule has 0 radical (unpaired) electrons. The molecule has 0 saturated carbocycles. The van der Waals surface area contributed by atoms with Crippen LogP contribution in [0.3, 0.4) is 0 Å². The molecule has 1 atom stereocenters. The molecule has 2 aromatic carbocycles. The molecule has 0 aromatic heterocycles. The SMILES string of the molecule is COCCc1ccc(C(N)Cc2ccc(Cl)c(Cl)c2)cc1. The lowest BCUT2D eigenvalue weighted by Gasteiger charge is -2.13. The molecular weight excluding hydrogens is 305 g/mol. The fraction of sp³-hybridized carbons (Fsp3) is 0.294. The Kier molecular flexibility index (Phi) is 6.07. The minimum absolute atomic E-state index is 0.0567. The molecule has 0 aliphatic rings. The molecule has 0 aliphatic carbocycles. The van der Waals surface area contributed by atoms with E-state index in [4.69, 9.17) is 33.7 Å². The Morgan fingerprint density at radius 2 is 1.67 bits per heavy atom. The van der Waals surface area contributed by atoms with Crippen molar-refractivity contribution in [3.05, 3.63) is 69.2 Å². The summed E-state index contributed by atoms with van der Waals surface area (Å²) in [6, 6.07) is 13.9. The Balaban J connectivity index is 2.02. The molecule has 0 bridgehead atoms. The van der Waals surface area contributed by atoms with Gasteiger partial charge in [0, 0.05) is 13.2 Å². The van der Waals surface area contributed by atoms with E-state index in [-0.39, 0.29) is 6.04 Å². The monoisotopic (exact) mass is 323 g/mol. The highest BCUT2D eigenvalue weighted by molar-refractivity contribution is 6.42. The predicted molar refractivity (Wildman–Crippen MR) is 89.1 cm³/mol. The lowest BCUT2D eigenvalue weighted by atomic mass is 9.98. The lowest BCUT2D eigenvalue weighted by molar-refractivity contribution is 0.202. The molecule has 2 aromatic rings. The molecule has 0 spiro atoms. The minimum atomic E-state index is -0.0567. The number of hydrogen-bond acceptors (Lipinski definition) is 2. The van der Waals surface area contributed by atoms with Crippen molar-refractivity contribution in [2.75, 3.05) is 13.7 Å². The fourth-order valence-electron chi connectivity index (χ4n) is 2.19. The van der Waals surface area contributed by atoms with Gasteiger partial charge in [-0.1, -0.05) is 53.5 Å². The first-order valence-electron chi connectivity index (χ1n) is 6.87. The third-order valence-corrected chi connectivity index (χ3v) is 4.18. The Morgan fingerprint density at radius 3 is 2.29 bits per heavy atom. The topological polar surface area (TPSA) is 35.2 Å². The van der Waals surface area contributed by atoms with E-state index in [1.807, 2.05) is 12.1 Å². The first-order valence-corrected chi connectivity index (χ1v) is 7.63. The summed E-state index contributed by atoms with van der Waals surface area (Å²) >= 11 is 11.9. The third-order valence-electron chi connectivity index (χ3n) is 3.44. The van der Waals surface area contributed by atoms with Crippen molar-refractivity contribution >= 4 is 23.2 Å². The van der Waals surface area contributed by atoms with Gasteiger partial charge in [0.15, 0.2) is 0 Å². The zero-order valence-corrected chi connectivity index (χ0v) is 13.5.